The van der Waals surface area contributed by atoms with Gasteiger partial charge >= 0.3 is 0 Å². The van der Waals surface area contributed by atoms with E-state index in [-0.39, 0.29) is 17.6 Å². The smallest absolute Gasteiger partial charge is 0.171 e. The minimum Gasteiger partial charge on any atom is -0.497 e. The van der Waals surface area contributed by atoms with E-state index in [4.69, 9.17) is 14.2 Å². The van der Waals surface area contributed by atoms with Crippen LogP contribution in [0.25, 0.3) is 0 Å². The summed E-state index contributed by atoms with van der Waals surface area (Å²) in [6.07, 6.45) is 4.69. The van der Waals surface area contributed by atoms with Gasteiger partial charge in [0, 0.05) is 23.8 Å². The predicted molar refractivity (Wildman–Crippen MR) is 81.1 cm³/mol. The molecule has 1 aromatic carbocycles. The third-order valence-electron chi connectivity index (χ3n) is 5.51. The number of aryl methyl sites for hydroxylation is 1. The van der Waals surface area contributed by atoms with Gasteiger partial charge in [-0.05, 0) is 49.4 Å². The van der Waals surface area contributed by atoms with Gasteiger partial charge in [-0.15, -0.1) is 0 Å². The number of carbonyl (C=O) groups is 1. The van der Waals surface area contributed by atoms with Crippen LogP contribution in [0.5, 0.6) is 5.75 Å². The zero-order chi connectivity index (χ0) is 15.2. The molecule has 0 aromatic heterocycles. The number of rotatable bonds is 1. The van der Waals surface area contributed by atoms with Gasteiger partial charge in [0.25, 0.3) is 0 Å². The Hall–Kier alpha value is -1.39. The average molecular weight is 302 g/mol. The highest BCUT2D eigenvalue weighted by Gasteiger charge is 2.52. The van der Waals surface area contributed by atoms with E-state index in [1.807, 2.05) is 18.2 Å². The Morgan fingerprint density at radius 2 is 2.05 bits per heavy atom. The van der Waals surface area contributed by atoms with E-state index in [2.05, 4.69) is 0 Å². The van der Waals surface area contributed by atoms with Crippen LogP contribution in [0.4, 0.5) is 0 Å². The second kappa shape index (κ2) is 5.36. The van der Waals surface area contributed by atoms with Gasteiger partial charge in [0.2, 0.25) is 0 Å². The van der Waals surface area contributed by atoms with Crippen LogP contribution in [-0.4, -0.2) is 31.9 Å². The molecule has 0 N–H and O–H groups in total. The van der Waals surface area contributed by atoms with E-state index in [0.29, 0.717) is 13.2 Å². The van der Waals surface area contributed by atoms with Crippen molar-refractivity contribution in [3.8, 4) is 5.75 Å². The fourth-order valence-electron chi connectivity index (χ4n) is 4.48. The van der Waals surface area contributed by atoms with Crippen molar-refractivity contribution < 1.29 is 19.0 Å². The molecule has 1 saturated heterocycles. The Balaban J connectivity index is 1.72. The van der Waals surface area contributed by atoms with E-state index in [9.17, 15) is 4.79 Å². The Morgan fingerprint density at radius 3 is 2.82 bits per heavy atom. The molecule has 0 amide bonds. The lowest BCUT2D eigenvalue weighted by molar-refractivity contribution is -0.221. The van der Waals surface area contributed by atoms with E-state index in [1.54, 1.807) is 7.11 Å². The number of benzene rings is 1. The fraction of sp³-hybridized carbons (Fsp3) is 0.611. The molecule has 118 valence electrons. The number of ketones is 1. The molecule has 1 aromatic rings. The zero-order valence-corrected chi connectivity index (χ0v) is 13.0. The highest BCUT2D eigenvalue weighted by molar-refractivity contribution is 6.00. The van der Waals surface area contributed by atoms with Gasteiger partial charge in [-0.2, -0.15) is 0 Å². The van der Waals surface area contributed by atoms with Crippen molar-refractivity contribution in [1.29, 1.82) is 0 Å². The fourth-order valence-corrected chi connectivity index (χ4v) is 4.48. The molecule has 22 heavy (non-hydrogen) atoms. The lowest BCUT2D eigenvalue weighted by Gasteiger charge is -2.43. The van der Waals surface area contributed by atoms with Crippen LogP contribution in [0.1, 0.15) is 41.6 Å². The van der Waals surface area contributed by atoms with E-state index < -0.39 is 5.79 Å². The number of hydrogen-bond donors (Lipinski definition) is 0. The van der Waals surface area contributed by atoms with Gasteiger partial charge in [0.05, 0.1) is 20.3 Å². The largest absolute Gasteiger partial charge is 0.497 e. The number of ether oxygens (including phenoxy) is 3. The number of carbonyl (C=O) groups excluding carboxylic acids is 1. The quantitative estimate of drug-likeness (QED) is 0.800. The second-order valence-corrected chi connectivity index (χ2v) is 6.54. The topological polar surface area (TPSA) is 44.8 Å². The summed E-state index contributed by atoms with van der Waals surface area (Å²) in [5, 5.41) is 0. The lowest BCUT2D eigenvalue weighted by Crippen LogP contribution is -2.48. The van der Waals surface area contributed by atoms with Crippen molar-refractivity contribution in [3.05, 3.63) is 29.3 Å². The van der Waals surface area contributed by atoms with Gasteiger partial charge in [-0.3, -0.25) is 4.79 Å². The van der Waals surface area contributed by atoms with Crippen molar-refractivity contribution in [1.82, 2.24) is 0 Å². The Bertz CT molecular complexity index is 589. The molecule has 4 heteroatoms. The van der Waals surface area contributed by atoms with Crippen molar-refractivity contribution in [2.75, 3.05) is 20.3 Å². The van der Waals surface area contributed by atoms with E-state index in [1.165, 1.54) is 0 Å². The Labute approximate surface area is 130 Å². The summed E-state index contributed by atoms with van der Waals surface area (Å²) in [6.45, 7) is 1.30. The summed E-state index contributed by atoms with van der Waals surface area (Å²) in [5.74, 6) is 0.777. The van der Waals surface area contributed by atoms with Gasteiger partial charge in [-0.25, -0.2) is 0 Å². The molecule has 1 spiro atoms. The first-order valence-electron chi connectivity index (χ1n) is 8.22. The summed E-state index contributed by atoms with van der Waals surface area (Å²) in [4.78, 5) is 13.1. The zero-order valence-electron chi connectivity index (χ0n) is 13.0. The van der Waals surface area contributed by atoms with Crippen LogP contribution in [0.3, 0.4) is 0 Å². The molecule has 2 atom stereocenters. The highest BCUT2D eigenvalue weighted by Crippen LogP contribution is 2.48. The second-order valence-electron chi connectivity index (χ2n) is 6.54. The highest BCUT2D eigenvalue weighted by atomic mass is 16.7. The van der Waals surface area contributed by atoms with Gasteiger partial charge in [0.1, 0.15) is 5.75 Å². The van der Waals surface area contributed by atoms with Crippen molar-refractivity contribution >= 4 is 5.78 Å². The first kappa shape index (κ1) is 14.2. The monoisotopic (exact) mass is 302 g/mol. The van der Waals surface area contributed by atoms with Crippen molar-refractivity contribution in [2.45, 2.75) is 37.9 Å². The average Bonchev–Trinajstić information content (AvgIpc) is 2.96. The van der Waals surface area contributed by atoms with Crippen LogP contribution >= 0.6 is 0 Å². The van der Waals surface area contributed by atoms with Crippen LogP contribution in [0, 0.1) is 11.8 Å². The molecule has 1 aliphatic heterocycles. The molecule has 2 aliphatic carbocycles. The molecule has 3 aliphatic rings. The maximum Gasteiger partial charge on any atom is 0.171 e. The minimum atomic E-state index is -0.509. The summed E-state index contributed by atoms with van der Waals surface area (Å²) >= 11 is 0. The molecule has 1 saturated carbocycles. The first-order chi connectivity index (χ1) is 10.7. The number of methoxy groups -OCH3 is 1. The third-order valence-corrected chi connectivity index (χ3v) is 5.51. The molecule has 0 unspecified atom stereocenters. The van der Waals surface area contributed by atoms with E-state index >= 15 is 0 Å². The Morgan fingerprint density at radius 1 is 1.23 bits per heavy atom. The molecule has 2 fully saturated rings. The maximum absolute atomic E-state index is 13.1. The van der Waals surface area contributed by atoms with Crippen molar-refractivity contribution in [3.63, 3.8) is 0 Å². The number of hydrogen-bond acceptors (Lipinski definition) is 4. The van der Waals surface area contributed by atoms with Gasteiger partial charge in [-0.1, -0.05) is 0 Å². The summed E-state index contributed by atoms with van der Waals surface area (Å²) < 4.78 is 17.3. The molecule has 1 heterocycles. The van der Waals surface area contributed by atoms with Crippen LogP contribution < -0.4 is 4.74 Å². The van der Waals surface area contributed by atoms with Gasteiger partial charge in [0.15, 0.2) is 11.6 Å². The normalized spacial score (nSPS) is 29.8. The number of fused-ring (bicyclic) bond motifs is 3. The Kier molecular flexibility index (Phi) is 3.46. The standard InChI is InChI=1S/C18H22O4/c1-20-13-5-6-14-12(11-13)4-7-16-15(17(14)19)3-2-8-18(16)21-9-10-22-18/h5-6,11,15-16H,2-4,7-10H2,1H3/t15-,16+/m1/s1. The van der Waals surface area contributed by atoms with Crippen molar-refractivity contribution in [2.24, 2.45) is 11.8 Å². The summed E-state index contributed by atoms with van der Waals surface area (Å²) in [5.41, 5.74) is 1.97. The molecular weight excluding hydrogens is 280 g/mol. The first-order valence-corrected chi connectivity index (χ1v) is 8.22. The molecular formula is C18H22O4. The molecule has 4 rings (SSSR count). The minimum absolute atomic E-state index is 0.0292. The summed E-state index contributed by atoms with van der Waals surface area (Å²) in [7, 11) is 1.66. The summed E-state index contributed by atoms with van der Waals surface area (Å²) in [6, 6.07) is 5.82. The lowest BCUT2D eigenvalue weighted by atomic mass is 9.71. The van der Waals surface area contributed by atoms with Crippen LogP contribution in [0.15, 0.2) is 18.2 Å². The predicted octanol–water partition coefficient (Wildman–Crippen LogP) is 2.98. The third kappa shape index (κ3) is 2.09. The van der Waals surface area contributed by atoms with Crippen LogP contribution in [0.2, 0.25) is 0 Å². The van der Waals surface area contributed by atoms with Crippen LogP contribution in [-0.2, 0) is 15.9 Å². The number of Topliss-reactive ketones (excluding diaryl/α,β-unsaturated/α-hetero) is 1. The van der Waals surface area contributed by atoms with E-state index in [0.717, 1.165) is 49.0 Å². The maximum atomic E-state index is 13.1. The molecule has 0 bridgehead atoms. The molecule has 0 radical (unpaired) electrons. The SMILES string of the molecule is COc1ccc2c(c1)CC[C@H]1[C@@H](CCCC13OCCO3)C2=O. The molecule has 4 nitrogen and oxygen atoms in total. The van der Waals surface area contributed by atoms with Gasteiger partial charge < -0.3 is 14.2 Å².